The maximum Gasteiger partial charge on any atom is 0.271 e. The second kappa shape index (κ2) is 9.68. The van der Waals surface area contributed by atoms with Gasteiger partial charge in [-0.25, -0.2) is 14.4 Å². The van der Waals surface area contributed by atoms with E-state index in [9.17, 15) is 14.3 Å². The summed E-state index contributed by atoms with van der Waals surface area (Å²) in [4.78, 5) is 24.0. The number of anilines is 1. The minimum Gasteiger partial charge on any atom is -0.392 e. The number of hydrogen-bond acceptors (Lipinski definition) is 6. The standard InChI is InChI=1S/C24H28FN5O3/c1-15(2)27-24-26-7-6-21(28-24)18-9-22-23(32)30(20(14-33-3)12-29(22)10-18)11-17-8-19(25)5-4-16(17)13-31/h4-10,15,20,31H,11-14H2,1-3H3,(H,26,27,28). The molecule has 2 N–H and O–H groups in total. The van der Waals surface area contributed by atoms with Gasteiger partial charge < -0.3 is 24.6 Å². The van der Waals surface area contributed by atoms with Gasteiger partial charge in [0.15, 0.2) is 0 Å². The van der Waals surface area contributed by atoms with Crippen LogP contribution in [0.2, 0.25) is 0 Å². The number of aliphatic hydroxyl groups excluding tert-OH is 1. The van der Waals surface area contributed by atoms with Crippen LogP contribution in [0.3, 0.4) is 0 Å². The van der Waals surface area contributed by atoms with Gasteiger partial charge in [-0.15, -0.1) is 0 Å². The van der Waals surface area contributed by atoms with Crippen molar-refractivity contribution in [3.05, 3.63) is 65.4 Å². The molecule has 1 aromatic carbocycles. The Morgan fingerprint density at radius 1 is 1.27 bits per heavy atom. The molecule has 0 radical (unpaired) electrons. The van der Waals surface area contributed by atoms with Crippen molar-refractivity contribution in [2.45, 2.75) is 45.6 Å². The summed E-state index contributed by atoms with van der Waals surface area (Å²) in [5.41, 5.74) is 3.22. The molecular weight excluding hydrogens is 425 g/mol. The fourth-order valence-electron chi connectivity index (χ4n) is 4.08. The van der Waals surface area contributed by atoms with Crippen LogP contribution in [-0.4, -0.2) is 56.2 Å². The molecule has 3 aromatic rings. The van der Waals surface area contributed by atoms with Crippen LogP contribution in [0, 0.1) is 5.82 Å². The van der Waals surface area contributed by atoms with Gasteiger partial charge in [-0.3, -0.25) is 4.79 Å². The second-order valence-electron chi connectivity index (χ2n) is 8.44. The predicted octanol–water partition coefficient (Wildman–Crippen LogP) is 3.07. The summed E-state index contributed by atoms with van der Waals surface area (Å²) in [5, 5.41) is 12.9. The summed E-state index contributed by atoms with van der Waals surface area (Å²) in [7, 11) is 1.59. The summed E-state index contributed by atoms with van der Waals surface area (Å²) in [6, 6.07) is 7.80. The Bertz CT molecular complexity index is 1150. The van der Waals surface area contributed by atoms with E-state index in [1.165, 1.54) is 12.1 Å². The van der Waals surface area contributed by atoms with Crippen molar-refractivity contribution in [2.75, 3.05) is 19.0 Å². The lowest BCUT2D eigenvalue weighted by Gasteiger charge is -2.36. The fourth-order valence-corrected chi connectivity index (χ4v) is 4.08. The molecule has 8 nitrogen and oxygen atoms in total. The van der Waals surface area contributed by atoms with Crippen LogP contribution >= 0.6 is 0 Å². The molecule has 1 unspecified atom stereocenters. The van der Waals surface area contributed by atoms with Crippen molar-refractivity contribution in [2.24, 2.45) is 0 Å². The zero-order valence-electron chi connectivity index (χ0n) is 19.0. The van der Waals surface area contributed by atoms with Crippen LogP contribution in [0.4, 0.5) is 10.3 Å². The van der Waals surface area contributed by atoms with Gasteiger partial charge in [-0.05, 0) is 49.2 Å². The fraction of sp³-hybridized carbons (Fsp3) is 0.375. The lowest BCUT2D eigenvalue weighted by Crippen LogP contribution is -2.49. The van der Waals surface area contributed by atoms with Crippen LogP contribution in [0.5, 0.6) is 0 Å². The quantitative estimate of drug-likeness (QED) is 0.545. The van der Waals surface area contributed by atoms with E-state index in [1.807, 2.05) is 36.7 Å². The number of carbonyl (C=O) groups is 1. The number of fused-ring (bicyclic) bond motifs is 1. The molecule has 0 aliphatic carbocycles. The normalized spacial score (nSPS) is 15.8. The van der Waals surface area contributed by atoms with Crippen LogP contribution in [0.15, 0.2) is 42.7 Å². The van der Waals surface area contributed by atoms with Gasteiger partial charge in [0.2, 0.25) is 5.95 Å². The Hall–Kier alpha value is -3.30. The van der Waals surface area contributed by atoms with E-state index in [0.717, 1.165) is 5.56 Å². The molecule has 3 heterocycles. The molecular formula is C24H28FN5O3. The summed E-state index contributed by atoms with van der Waals surface area (Å²) in [6.07, 6.45) is 3.60. The highest BCUT2D eigenvalue weighted by molar-refractivity contribution is 5.95. The van der Waals surface area contributed by atoms with Gasteiger partial charge in [0.1, 0.15) is 11.5 Å². The van der Waals surface area contributed by atoms with Crippen molar-refractivity contribution in [3.8, 4) is 11.3 Å². The number of hydrogen-bond donors (Lipinski definition) is 2. The van der Waals surface area contributed by atoms with E-state index < -0.39 is 5.82 Å². The van der Waals surface area contributed by atoms with Gasteiger partial charge >= 0.3 is 0 Å². The molecule has 0 spiro atoms. The first-order valence-electron chi connectivity index (χ1n) is 10.9. The van der Waals surface area contributed by atoms with Crippen molar-refractivity contribution in [1.82, 2.24) is 19.4 Å². The Balaban J connectivity index is 1.66. The molecule has 33 heavy (non-hydrogen) atoms. The van der Waals surface area contributed by atoms with Gasteiger partial charge in [0.25, 0.3) is 5.91 Å². The topological polar surface area (TPSA) is 92.5 Å². The van der Waals surface area contributed by atoms with Crippen molar-refractivity contribution in [3.63, 3.8) is 0 Å². The first-order chi connectivity index (χ1) is 15.9. The maximum absolute atomic E-state index is 13.9. The van der Waals surface area contributed by atoms with Gasteiger partial charge in [-0.1, -0.05) is 6.07 Å². The van der Waals surface area contributed by atoms with E-state index in [0.29, 0.717) is 41.6 Å². The number of nitrogens with zero attached hydrogens (tertiary/aromatic N) is 4. The van der Waals surface area contributed by atoms with E-state index >= 15 is 0 Å². The third-order valence-corrected chi connectivity index (χ3v) is 5.63. The highest BCUT2D eigenvalue weighted by Gasteiger charge is 2.33. The predicted molar refractivity (Wildman–Crippen MR) is 122 cm³/mol. The summed E-state index contributed by atoms with van der Waals surface area (Å²) >= 11 is 0. The summed E-state index contributed by atoms with van der Waals surface area (Å²) in [5.74, 6) is -0.0630. The molecule has 1 atom stereocenters. The van der Waals surface area contributed by atoms with E-state index in [2.05, 4.69) is 15.3 Å². The number of rotatable bonds is 8. The summed E-state index contributed by atoms with van der Waals surface area (Å²) in [6.45, 7) is 4.83. The number of nitrogens with one attached hydrogen (secondary N) is 1. The number of aromatic nitrogens is 3. The number of methoxy groups -OCH3 is 1. The van der Waals surface area contributed by atoms with Gasteiger partial charge in [0.05, 0.1) is 24.9 Å². The largest absolute Gasteiger partial charge is 0.392 e. The lowest BCUT2D eigenvalue weighted by molar-refractivity contribution is 0.0386. The zero-order valence-corrected chi connectivity index (χ0v) is 19.0. The number of ether oxygens (including phenoxy) is 1. The number of amides is 1. The van der Waals surface area contributed by atoms with Crippen LogP contribution in [0.25, 0.3) is 11.3 Å². The molecule has 1 aliphatic heterocycles. The van der Waals surface area contributed by atoms with Gasteiger partial charge in [-0.2, -0.15) is 0 Å². The van der Waals surface area contributed by atoms with Crippen LogP contribution in [0.1, 0.15) is 35.5 Å². The lowest BCUT2D eigenvalue weighted by atomic mass is 10.0. The highest BCUT2D eigenvalue weighted by Crippen LogP contribution is 2.28. The first kappa shape index (κ1) is 22.9. The zero-order chi connectivity index (χ0) is 23.5. The number of benzene rings is 1. The Kier molecular flexibility index (Phi) is 6.71. The average Bonchev–Trinajstić information content (AvgIpc) is 3.21. The van der Waals surface area contributed by atoms with Crippen molar-refractivity contribution in [1.29, 1.82) is 0 Å². The third kappa shape index (κ3) is 4.89. The van der Waals surface area contributed by atoms with Crippen LogP contribution < -0.4 is 5.32 Å². The summed E-state index contributed by atoms with van der Waals surface area (Å²) < 4.78 is 21.2. The molecule has 0 saturated carbocycles. The molecule has 2 aromatic heterocycles. The molecule has 4 rings (SSSR count). The third-order valence-electron chi connectivity index (χ3n) is 5.63. The average molecular weight is 454 g/mol. The number of aliphatic hydroxyl groups is 1. The molecule has 0 saturated heterocycles. The number of halogens is 1. The van der Waals surface area contributed by atoms with Crippen LogP contribution in [-0.2, 0) is 24.4 Å². The number of carbonyl (C=O) groups excluding carboxylic acids is 1. The molecule has 9 heteroatoms. The minimum atomic E-state index is -0.407. The Morgan fingerprint density at radius 2 is 2.09 bits per heavy atom. The van der Waals surface area contributed by atoms with Crippen molar-refractivity contribution < 1.29 is 19.0 Å². The SMILES string of the molecule is COCC1Cn2cc(-c3ccnc(NC(C)C)n3)cc2C(=O)N1Cc1cc(F)ccc1CO. The van der Waals surface area contributed by atoms with E-state index in [1.54, 1.807) is 24.3 Å². The molecule has 1 amide bonds. The molecule has 1 aliphatic rings. The highest BCUT2D eigenvalue weighted by atomic mass is 19.1. The molecule has 0 bridgehead atoms. The van der Waals surface area contributed by atoms with Crippen molar-refractivity contribution >= 4 is 11.9 Å². The van der Waals surface area contributed by atoms with Gasteiger partial charge in [0, 0.05) is 44.2 Å². The maximum atomic E-state index is 13.9. The molecule has 0 fully saturated rings. The monoisotopic (exact) mass is 453 g/mol. The Morgan fingerprint density at radius 3 is 2.82 bits per heavy atom. The second-order valence-corrected chi connectivity index (χ2v) is 8.44. The first-order valence-corrected chi connectivity index (χ1v) is 10.9. The van der Waals surface area contributed by atoms with E-state index in [4.69, 9.17) is 4.74 Å². The smallest absolute Gasteiger partial charge is 0.271 e. The van der Waals surface area contributed by atoms with E-state index in [-0.39, 0.29) is 31.1 Å². The Labute approximate surface area is 192 Å². The minimum absolute atomic E-state index is 0.178. The molecule has 174 valence electrons.